The number of anilines is 1. The van der Waals surface area contributed by atoms with Crippen molar-refractivity contribution in [3.8, 4) is 11.1 Å². The van der Waals surface area contributed by atoms with Gasteiger partial charge in [-0.1, -0.05) is 30.3 Å². The fourth-order valence-corrected chi connectivity index (χ4v) is 3.55. The first-order valence-corrected chi connectivity index (χ1v) is 10.3. The van der Waals surface area contributed by atoms with Gasteiger partial charge in [0.15, 0.2) is 5.82 Å². The van der Waals surface area contributed by atoms with Gasteiger partial charge < -0.3 is 16.4 Å². The second-order valence-electron chi connectivity index (χ2n) is 7.70. The quantitative estimate of drug-likeness (QED) is 0.519. The SMILES string of the molecule is NC(=O)NCc1ncccc1-c1ccc(NC(=O)C2CC2)c(F)c1Cc1ccccc1F. The number of hydrogen-bond acceptors (Lipinski definition) is 3. The van der Waals surface area contributed by atoms with Gasteiger partial charge in [0.05, 0.1) is 17.9 Å². The summed E-state index contributed by atoms with van der Waals surface area (Å²) in [6.07, 6.45) is 3.11. The van der Waals surface area contributed by atoms with E-state index in [0.717, 1.165) is 12.8 Å². The van der Waals surface area contributed by atoms with Crippen molar-refractivity contribution in [3.05, 3.63) is 83.2 Å². The lowest BCUT2D eigenvalue weighted by Crippen LogP contribution is -2.29. The van der Waals surface area contributed by atoms with E-state index in [1.807, 2.05) is 0 Å². The first kappa shape index (κ1) is 21.4. The molecule has 1 heterocycles. The van der Waals surface area contributed by atoms with E-state index in [4.69, 9.17) is 5.73 Å². The third-order valence-electron chi connectivity index (χ3n) is 5.38. The maximum absolute atomic E-state index is 15.7. The molecule has 2 aromatic carbocycles. The zero-order chi connectivity index (χ0) is 22.7. The van der Waals surface area contributed by atoms with E-state index in [9.17, 15) is 14.0 Å². The van der Waals surface area contributed by atoms with E-state index in [1.54, 1.807) is 42.6 Å². The zero-order valence-electron chi connectivity index (χ0n) is 17.2. The summed E-state index contributed by atoms with van der Waals surface area (Å²) in [7, 11) is 0. The predicted molar refractivity (Wildman–Crippen MR) is 117 cm³/mol. The molecule has 0 unspecified atom stereocenters. The minimum atomic E-state index is -0.711. The Morgan fingerprint density at radius 2 is 1.81 bits per heavy atom. The summed E-state index contributed by atoms with van der Waals surface area (Å²) in [6, 6.07) is 12.0. The van der Waals surface area contributed by atoms with Crippen molar-refractivity contribution in [3.63, 3.8) is 0 Å². The summed E-state index contributed by atoms with van der Waals surface area (Å²) in [5.41, 5.74) is 7.32. The number of primary amides is 1. The molecule has 6 nitrogen and oxygen atoms in total. The lowest BCUT2D eigenvalue weighted by molar-refractivity contribution is -0.117. The Bertz CT molecular complexity index is 1180. The van der Waals surface area contributed by atoms with E-state index in [-0.39, 0.29) is 36.0 Å². The van der Waals surface area contributed by atoms with E-state index < -0.39 is 17.7 Å². The summed E-state index contributed by atoms with van der Waals surface area (Å²) in [5.74, 6) is -1.39. The second-order valence-corrected chi connectivity index (χ2v) is 7.70. The van der Waals surface area contributed by atoms with E-state index in [2.05, 4.69) is 15.6 Å². The van der Waals surface area contributed by atoms with Crippen LogP contribution >= 0.6 is 0 Å². The van der Waals surface area contributed by atoms with Crippen LogP contribution in [0.4, 0.5) is 19.3 Å². The van der Waals surface area contributed by atoms with Gasteiger partial charge in [0, 0.05) is 29.7 Å². The van der Waals surface area contributed by atoms with Gasteiger partial charge in [-0.2, -0.15) is 0 Å². The highest BCUT2D eigenvalue weighted by Gasteiger charge is 2.30. The van der Waals surface area contributed by atoms with Crippen molar-refractivity contribution >= 4 is 17.6 Å². The molecule has 1 aromatic heterocycles. The molecular formula is C24H22F2N4O2. The molecule has 0 spiro atoms. The van der Waals surface area contributed by atoms with E-state index >= 15 is 4.39 Å². The number of halogens is 2. The van der Waals surface area contributed by atoms with Crippen LogP contribution in [0.3, 0.4) is 0 Å². The number of carbonyl (C=O) groups is 2. The summed E-state index contributed by atoms with van der Waals surface area (Å²) in [6.45, 7) is 0.0480. The molecule has 4 rings (SSSR count). The van der Waals surface area contributed by atoms with Crippen molar-refractivity contribution in [1.82, 2.24) is 10.3 Å². The van der Waals surface area contributed by atoms with Crippen LogP contribution in [0.15, 0.2) is 54.7 Å². The Balaban J connectivity index is 1.79. The summed E-state index contributed by atoms with van der Waals surface area (Å²) in [5, 5.41) is 5.14. The van der Waals surface area contributed by atoms with Crippen LogP contribution in [0.5, 0.6) is 0 Å². The Kier molecular flexibility index (Phi) is 6.11. The van der Waals surface area contributed by atoms with Gasteiger partial charge in [-0.25, -0.2) is 13.6 Å². The Morgan fingerprint density at radius 1 is 1.03 bits per heavy atom. The van der Waals surface area contributed by atoms with Gasteiger partial charge in [0.25, 0.3) is 0 Å². The number of urea groups is 1. The van der Waals surface area contributed by atoms with Crippen molar-refractivity contribution in [1.29, 1.82) is 0 Å². The molecule has 1 aliphatic carbocycles. The van der Waals surface area contributed by atoms with Crippen molar-refractivity contribution < 1.29 is 18.4 Å². The number of amides is 3. The zero-order valence-corrected chi connectivity index (χ0v) is 17.2. The molecule has 1 fully saturated rings. The lowest BCUT2D eigenvalue weighted by Gasteiger charge is -2.17. The maximum Gasteiger partial charge on any atom is 0.312 e. The highest BCUT2D eigenvalue weighted by Crippen LogP contribution is 2.35. The Hall–Kier alpha value is -3.81. The smallest absolute Gasteiger partial charge is 0.312 e. The molecule has 3 aromatic rings. The van der Waals surface area contributed by atoms with E-state index in [1.165, 1.54) is 12.1 Å². The van der Waals surface area contributed by atoms with Gasteiger partial charge in [0.1, 0.15) is 5.82 Å². The summed E-state index contributed by atoms with van der Waals surface area (Å²) < 4.78 is 30.1. The number of pyridine rings is 1. The Morgan fingerprint density at radius 3 is 2.53 bits per heavy atom. The van der Waals surface area contributed by atoms with Crippen LogP contribution in [0, 0.1) is 17.6 Å². The molecule has 8 heteroatoms. The van der Waals surface area contributed by atoms with E-state index in [0.29, 0.717) is 22.4 Å². The van der Waals surface area contributed by atoms with Crippen LogP contribution in [-0.2, 0) is 17.8 Å². The average Bonchev–Trinajstić information content (AvgIpc) is 3.62. The minimum Gasteiger partial charge on any atom is -0.352 e. The second kappa shape index (κ2) is 9.13. The van der Waals surface area contributed by atoms with Gasteiger partial charge in [-0.05, 0) is 42.2 Å². The predicted octanol–water partition coefficient (Wildman–Crippen LogP) is 4.13. The molecule has 1 aliphatic rings. The monoisotopic (exact) mass is 436 g/mol. The number of nitrogens with one attached hydrogen (secondary N) is 2. The third-order valence-corrected chi connectivity index (χ3v) is 5.38. The maximum atomic E-state index is 15.7. The number of benzene rings is 2. The molecule has 0 aliphatic heterocycles. The van der Waals surface area contributed by atoms with Gasteiger partial charge >= 0.3 is 6.03 Å². The van der Waals surface area contributed by atoms with Gasteiger partial charge in [0.2, 0.25) is 5.91 Å². The van der Waals surface area contributed by atoms with Crippen LogP contribution in [0.25, 0.3) is 11.1 Å². The summed E-state index contributed by atoms with van der Waals surface area (Å²) >= 11 is 0. The molecule has 0 radical (unpaired) electrons. The van der Waals surface area contributed by atoms with Crippen LogP contribution < -0.4 is 16.4 Å². The average molecular weight is 436 g/mol. The fraction of sp³-hybridized carbons (Fsp3) is 0.208. The fourth-order valence-electron chi connectivity index (χ4n) is 3.55. The molecule has 32 heavy (non-hydrogen) atoms. The first-order valence-electron chi connectivity index (χ1n) is 10.3. The highest BCUT2D eigenvalue weighted by molar-refractivity contribution is 5.94. The standard InChI is InChI=1S/C24H22F2N4O2/c25-19-6-2-1-4-15(19)12-18-16(17-5-3-11-28-21(17)13-29-24(27)32)9-10-20(22(18)26)30-23(31)14-7-8-14/h1-6,9-11,14H,7-8,12-13H2,(H,30,31)(H3,27,29,32). The molecule has 0 saturated heterocycles. The number of aromatic nitrogens is 1. The van der Waals surface area contributed by atoms with Crippen molar-refractivity contribution in [2.75, 3.05) is 5.32 Å². The number of rotatable bonds is 7. The largest absolute Gasteiger partial charge is 0.352 e. The minimum absolute atomic E-state index is 0.0292. The number of hydrogen-bond donors (Lipinski definition) is 3. The lowest BCUT2D eigenvalue weighted by atomic mass is 9.92. The van der Waals surface area contributed by atoms with Gasteiger partial charge in [-0.3, -0.25) is 9.78 Å². The highest BCUT2D eigenvalue weighted by atomic mass is 19.1. The number of carbonyl (C=O) groups excluding carboxylic acids is 2. The first-order chi connectivity index (χ1) is 15.4. The topological polar surface area (TPSA) is 97.1 Å². The van der Waals surface area contributed by atoms with Crippen molar-refractivity contribution in [2.24, 2.45) is 11.7 Å². The molecule has 1 saturated carbocycles. The molecular weight excluding hydrogens is 414 g/mol. The molecule has 4 N–H and O–H groups in total. The molecule has 0 atom stereocenters. The molecule has 3 amide bonds. The van der Waals surface area contributed by atoms with Crippen LogP contribution in [0.2, 0.25) is 0 Å². The van der Waals surface area contributed by atoms with Crippen LogP contribution in [0.1, 0.15) is 29.7 Å². The molecule has 0 bridgehead atoms. The summed E-state index contributed by atoms with van der Waals surface area (Å²) in [4.78, 5) is 27.7. The van der Waals surface area contributed by atoms with Crippen LogP contribution in [-0.4, -0.2) is 16.9 Å². The van der Waals surface area contributed by atoms with Gasteiger partial charge in [-0.15, -0.1) is 0 Å². The Labute approximate surface area is 183 Å². The molecule has 164 valence electrons. The number of nitrogens with zero attached hydrogens (tertiary/aromatic N) is 1. The number of nitrogens with two attached hydrogens (primary N) is 1. The third kappa shape index (κ3) is 4.74. The van der Waals surface area contributed by atoms with Crippen molar-refractivity contribution in [2.45, 2.75) is 25.8 Å². The normalized spacial score (nSPS) is 12.9.